The highest BCUT2D eigenvalue weighted by Gasteiger charge is 2.13. The Hall–Kier alpha value is -2.40. The van der Waals surface area contributed by atoms with Crippen LogP contribution in [0.15, 0.2) is 42.6 Å². The van der Waals surface area contributed by atoms with Crippen molar-refractivity contribution in [3.05, 3.63) is 64.6 Å². The van der Waals surface area contributed by atoms with Crippen molar-refractivity contribution in [1.82, 2.24) is 15.0 Å². The normalized spacial score (nSPS) is 10.8. The minimum Gasteiger partial charge on any atom is -0.492 e. The van der Waals surface area contributed by atoms with Gasteiger partial charge in [0.25, 0.3) is 0 Å². The highest BCUT2D eigenvalue weighted by atomic mass is 35.5. The number of aryl methyl sites for hydroxylation is 1. The standard InChI is InChI=1S/C17H15ClFN3O/c1-11-5-3-4-6-12(11)9-22-10-16(20-21-22)13-7-14(18)17(23-2)15(19)8-13/h3-8,10H,9H2,1-2H3. The van der Waals surface area contributed by atoms with Gasteiger partial charge in [-0.05, 0) is 30.2 Å². The van der Waals surface area contributed by atoms with E-state index in [0.717, 1.165) is 5.56 Å². The van der Waals surface area contributed by atoms with Crippen molar-refractivity contribution in [2.24, 2.45) is 0 Å². The van der Waals surface area contributed by atoms with Crippen LogP contribution < -0.4 is 4.74 Å². The number of nitrogens with zero attached hydrogens (tertiary/aromatic N) is 3. The Labute approximate surface area is 138 Å². The Morgan fingerprint density at radius 1 is 1.26 bits per heavy atom. The van der Waals surface area contributed by atoms with Crippen LogP contribution in [-0.4, -0.2) is 22.1 Å². The fourth-order valence-corrected chi connectivity index (χ4v) is 2.66. The average Bonchev–Trinajstić information content (AvgIpc) is 2.98. The molecule has 0 aliphatic carbocycles. The summed E-state index contributed by atoms with van der Waals surface area (Å²) in [6, 6.07) is 11.0. The van der Waals surface area contributed by atoms with Crippen LogP contribution in [0.5, 0.6) is 5.75 Å². The van der Waals surface area contributed by atoms with Crippen LogP contribution in [0.1, 0.15) is 11.1 Å². The van der Waals surface area contributed by atoms with Crippen LogP contribution in [0.3, 0.4) is 0 Å². The van der Waals surface area contributed by atoms with E-state index in [-0.39, 0.29) is 10.8 Å². The topological polar surface area (TPSA) is 39.9 Å². The molecule has 2 aromatic carbocycles. The largest absolute Gasteiger partial charge is 0.492 e. The molecule has 0 N–H and O–H groups in total. The number of methoxy groups -OCH3 is 1. The van der Waals surface area contributed by atoms with Gasteiger partial charge in [-0.25, -0.2) is 9.07 Å². The van der Waals surface area contributed by atoms with E-state index >= 15 is 0 Å². The summed E-state index contributed by atoms with van der Waals surface area (Å²) in [5.41, 5.74) is 3.46. The maximum Gasteiger partial charge on any atom is 0.173 e. The number of benzene rings is 2. The number of hydrogen-bond acceptors (Lipinski definition) is 3. The van der Waals surface area contributed by atoms with Gasteiger partial charge in [0.1, 0.15) is 5.69 Å². The van der Waals surface area contributed by atoms with Gasteiger partial charge in [-0.1, -0.05) is 41.1 Å². The lowest BCUT2D eigenvalue weighted by Crippen LogP contribution is -2.01. The maximum absolute atomic E-state index is 13.9. The molecular weight excluding hydrogens is 317 g/mol. The first-order valence-electron chi connectivity index (χ1n) is 7.06. The molecule has 118 valence electrons. The molecule has 0 fully saturated rings. The van der Waals surface area contributed by atoms with E-state index < -0.39 is 5.82 Å². The zero-order valence-corrected chi connectivity index (χ0v) is 13.5. The fourth-order valence-electron chi connectivity index (χ4n) is 2.37. The summed E-state index contributed by atoms with van der Waals surface area (Å²) in [5, 5.41) is 8.40. The zero-order chi connectivity index (χ0) is 16.4. The molecule has 0 saturated carbocycles. The summed E-state index contributed by atoms with van der Waals surface area (Å²) in [5.74, 6) is -0.494. The molecule has 23 heavy (non-hydrogen) atoms. The third-order valence-corrected chi connectivity index (χ3v) is 3.91. The lowest BCUT2D eigenvalue weighted by Gasteiger charge is -2.06. The molecule has 4 nitrogen and oxygen atoms in total. The van der Waals surface area contributed by atoms with E-state index in [0.29, 0.717) is 17.8 Å². The third-order valence-electron chi connectivity index (χ3n) is 3.63. The molecule has 0 atom stereocenters. The predicted molar refractivity (Wildman–Crippen MR) is 87.3 cm³/mol. The molecule has 1 heterocycles. The quantitative estimate of drug-likeness (QED) is 0.722. The van der Waals surface area contributed by atoms with Crippen LogP contribution in [-0.2, 0) is 6.54 Å². The molecule has 0 spiro atoms. The van der Waals surface area contributed by atoms with Crippen LogP contribution in [0.25, 0.3) is 11.3 Å². The maximum atomic E-state index is 13.9. The van der Waals surface area contributed by atoms with Crippen molar-refractivity contribution in [1.29, 1.82) is 0 Å². The van der Waals surface area contributed by atoms with Crippen LogP contribution in [0.2, 0.25) is 5.02 Å². The van der Waals surface area contributed by atoms with E-state index in [1.54, 1.807) is 16.9 Å². The second-order valence-corrected chi connectivity index (χ2v) is 5.61. The van der Waals surface area contributed by atoms with Gasteiger partial charge >= 0.3 is 0 Å². The van der Waals surface area contributed by atoms with Gasteiger partial charge in [0, 0.05) is 5.56 Å². The summed E-state index contributed by atoms with van der Waals surface area (Å²) in [6.07, 6.45) is 1.77. The summed E-state index contributed by atoms with van der Waals surface area (Å²) >= 11 is 6.02. The van der Waals surface area contributed by atoms with Crippen molar-refractivity contribution < 1.29 is 9.13 Å². The first-order chi connectivity index (χ1) is 11.1. The first-order valence-corrected chi connectivity index (χ1v) is 7.44. The fraction of sp³-hybridized carbons (Fsp3) is 0.176. The minimum atomic E-state index is -0.525. The second kappa shape index (κ2) is 6.38. The van der Waals surface area contributed by atoms with Gasteiger partial charge in [0.15, 0.2) is 11.6 Å². The van der Waals surface area contributed by atoms with Crippen LogP contribution >= 0.6 is 11.6 Å². The highest BCUT2D eigenvalue weighted by molar-refractivity contribution is 6.32. The molecule has 0 unspecified atom stereocenters. The van der Waals surface area contributed by atoms with Crippen molar-refractivity contribution >= 4 is 11.6 Å². The predicted octanol–water partition coefficient (Wildman–Crippen LogP) is 4.10. The summed E-state index contributed by atoms with van der Waals surface area (Å²) < 4.78 is 20.6. The molecule has 6 heteroatoms. The Balaban J connectivity index is 1.89. The molecule has 0 saturated heterocycles. The average molecular weight is 332 g/mol. The summed E-state index contributed by atoms with van der Waals surface area (Å²) in [4.78, 5) is 0. The van der Waals surface area contributed by atoms with Crippen molar-refractivity contribution in [3.8, 4) is 17.0 Å². The van der Waals surface area contributed by atoms with Gasteiger partial charge in [-0.15, -0.1) is 5.10 Å². The smallest absolute Gasteiger partial charge is 0.173 e. The van der Waals surface area contributed by atoms with Gasteiger partial charge < -0.3 is 4.74 Å². The Bertz CT molecular complexity index is 824. The van der Waals surface area contributed by atoms with Gasteiger partial charge in [-0.3, -0.25) is 0 Å². The van der Waals surface area contributed by atoms with Crippen LogP contribution in [0.4, 0.5) is 4.39 Å². The van der Waals surface area contributed by atoms with Crippen LogP contribution in [0, 0.1) is 12.7 Å². The van der Waals surface area contributed by atoms with Crippen molar-refractivity contribution in [2.45, 2.75) is 13.5 Å². The molecule has 1 aromatic heterocycles. The summed E-state index contributed by atoms with van der Waals surface area (Å²) in [7, 11) is 1.38. The molecule has 3 aromatic rings. The third kappa shape index (κ3) is 3.19. The Kier molecular flexibility index (Phi) is 4.30. The van der Waals surface area contributed by atoms with Crippen molar-refractivity contribution in [2.75, 3.05) is 7.11 Å². The number of aromatic nitrogens is 3. The lowest BCUT2D eigenvalue weighted by molar-refractivity contribution is 0.387. The lowest BCUT2D eigenvalue weighted by atomic mass is 10.1. The molecule has 0 aliphatic rings. The minimum absolute atomic E-state index is 0.0303. The SMILES string of the molecule is COc1c(F)cc(-c2cn(Cc3ccccc3C)nn2)cc1Cl. The van der Waals surface area contributed by atoms with Crippen molar-refractivity contribution in [3.63, 3.8) is 0 Å². The van der Waals surface area contributed by atoms with Gasteiger partial charge in [0.2, 0.25) is 0 Å². The monoisotopic (exact) mass is 331 g/mol. The summed E-state index contributed by atoms with van der Waals surface area (Å²) in [6.45, 7) is 2.65. The number of halogens is 2. The second-order valence-electron chi connectivity index (χ2n) is 5.20. The van der Waals surface area contributed by atoms with E-state index in [1.807, 2.05) is 31.2 Å². The Morgan fingerprint density at radius 2 is 2.04 bits per heavy atom. The first kappa shape index (κ1) is 15.5. The Morgan fingerprint density at radius 3 is 2.74 bits per heavy atom. The van der Waals surface area contributed by atoms with E-state index in [2.05, 4.69) is 10.3 Å². The number of ether oxygens (including phenoxy) is 1. The van der Waals surface area contributed by atoms with E-state index in [1.165, 1.54) is 18.7 Å². The van der Waals surface area contributed by atoms with Gasteiger partial charge in [0.05, 0.1) is 24.9 Å². The molecule has 0 aliphatic heterocycles. The highest BCUT2D eigenvalue weighted by Crippen LogP contribution is 2.32. The zero-order valence-electron chi connectivity index (χ0n) is 12.8. The number of hydrogen-bond donors (Lipinski definition) is 0. The molecule has 0 amide bonds. The molecule has 0 bridgehead atoms. The van der Waals surface area contributed by atoms with Gasteiger partial charge in [-0.2, -0.15) is 0 Å². The molecular formula is C17H15ClFN3O. The number of rotatable bonds is 4. The molecule has 0 radical (unpaired) electrons. The van der Waals surface area contributed by atoms with E-state index in [9.17, 15) is 4.39 Å². The molecule has 3 rings (SSSR count). The van der Waals surface area contributed by atoms with E-state index in [4.69, 9.17) is 16.3 Å².